The summed E-state index contributed by atoms with van der Waals surface area (Å²) in [6.07, 6.45) is 3.39. The number of aromatic nitrogens is 1. The number of hydrogen-bond donors (Lipinski definition) is 1. The largest absolute Gasteiger partial charge is 0.457 e. The van der Waals surface area contributed by atoms with E-state index in [1.165, 1.54) is 4.90 Å². The quantitative estimate of drug-likeness (QED) is 0.215. The van der Waals surface area contributed by atoms with Gasteiger partial charge in [0.05, 0.1) is 5.69 Å². The Morgan fingerprint density at radius 2 is 1.46 bits per heavy atom. The summed E-state index contributed by atoms with van der Waals surface area (Å²) in [5.41, 5.74) is 1.98. The number of benzene rings is 3. The van der Waals surface area contributed by atoms with Gasteiger partial charge < -0.3 is 9.30 Å². The number of nitrogens with one attached hydrogen (secondary N) is 1. The normalized spacial score (nSPS) is 14.8. The molecule has 0 radical (unpaired) electrons. The first-order valence-electron chi connectivity index (χ1n) is 10.7. The molecule has 3 aromatic carbocycles. The van der Waals surface area contributed by atoms with Gasteiger partial charge in [-0.25, -0.2) is 0 Å². The smallest absolute Gasteiger partial charge is 0.270 e. The minimum absolute atomic E-state index is 0.0157. The molecule has 172 valence electrons. The molecular weight excluding hydrogens is 482 g/mol. The van der Waals surface area contributed by atoms with Crippen LogP contribution < -0.4 is 15.0 Å². The molecule has 1 N–H and O–H groups in total. The first kappa shape index (κ1) is 22.6. The maximum Gasteiger partial charge on any atom is 0.270 e. The molecule has 1 aliphatic heterocycles. The minimum atomic E-state index is -0.552. The van der Waals surface area contributed by atoms with Gasteiger partial charge in [0.1, 0.15) is 17.1 Å². The molecule has 0 unspecified atom stereocenters. The van der Waals surface area contributed by atoms with Crippen LogP contribution in [0.25, 0.3) is 11.8 Å². The number of carbonyl (C=O) groups excluding carboxylic acids is 2. The molecule has 35 heavy (non-hydrogen) atoms. The van der Waals surface area contributed by atoms with Crippen molar-refractivity contribution in [1.29, 1.82) is 0 Å². The number of amides is 2. The van der Waals surface area contributed by atoms with E-state index in [1.807, 2.05) is 65.4 Å². The Morgan fingerprint density at radius 3 is 2.17 bits per heavy atom. The number of rotatable bonds is 5. The number of nitrogens with zero attached hydrogens (tertiary/aromatic N) is 2. The molecule has 0 atom stereocenters. The van der Waals surface area contributed by atoms with Gasteiger partial charge in [0.15, 0.2) is 5.11 Å². The summed E-state index contributed by atoms with van der Waals surface area (Å²) >= 11 is 11.3. The lowest BCUT2D eigenvalue weighted by Crippen LogP contribution is -2.54. The van der Waals surface area contributed by atoms with Gasteiger partial charge in [-0.1, -0.05) is 29.8 Å². The average Bonchev–Trinajstić information content (AvgIpc) is 3.32. The standard InChI is InChI=1S/C27H18ClN3O3S/c28-18-8-10-19(11-9-18)30-16-4-5-21(30)17-24-25(32)29-27(35)31(26(24)33)20-12-14-23(15-13-20)34-22-6-2-1-3-7-22/h1-17H,(H,29,32,35)/b24-17+. The highest BCUT2D eigenvalue weighted by atomic mass is 35.5. The van der Waals surface area contributed by atoms with Crippen molar-refractivity contribution < 1.29 is 14.3 Å². The van der Waals surface area contributed by atoms with E-state index in [4.69, 9.17) is 28.6 Å². The van der Waals surface area contributed by atoms with Crippen LogP contribution in [0.4, 0.5) is 5.69 Å². The van der Waals surface area contributed by atoms with Crippen LogP contribution in [0, 0.1) is 0 Å². The molecule has 2 heterocycles. The fourth-order valence-corrected chi connectivity index (χ4v) is 4.08. The molecule has 0 spiro atoms. The Bertz CT molecular complexity index is 1450. The van der Waals surface area contributed by atoms with Crippen molar-refractivity contribution in [2.24, 2.45) is 0 Å². The zero-order valence-electron chi connectivity index (χ0n) is 18.2. The molecule has 6 nitrogen and oxygen atoms in total. The molecule has 1 aliphatic rings. The topological polar surface area (TPSA) is 63.6 Å². The molecule has 1 saturated heterocycles. The molecule has 1 fully saturated rings. The van der Waals surface area contributed by atoms with Gasteiger partial charge in [0, 0.05) is 22.6 Å². The first-order chi connectivity index (χ1) is 17.0. The van der Waals surface area contributed by atoms with Gasteiger partial charge in [-0.15, -0.1) is 0 Å². The van der Waals surface area contributed by atoms with Gasteiger partial charge in [-0.3, -0.25) is 19.8 Å². The zero-order chi connectivity index (χ0) is 24.4. The zero-order valence-corrected chi connectivity index (χ0v) is 19.8. The predicted octanol–water partition coefficient (Wildman–Crippen LogP) is 5.75. The highest BCUT2D eigenvalue weighted by Gasteiger charge is 2.34. The van der Waals surface area contributed by atoms with E-state index in [-0.39, 0.29) is 10.7 Å². The van der Waals surface area contributed by atoms with Crippen molar-refractivity contribution in [2.75, 3.05) is 4.90 Å². The third-order valence-electron chi connectivity index (χ3n) is 5.35. The Hall–Kier alpha value is -4.20. The van der Waals surface area contributed by atoms with Gasteiger partial charge in [0.2, 0.25) is 0 Å². The van der Waals surface area contributed by atoms with E-state index in [0.29, 0.717) is 27.9 Å². The Morgan fingerprint density at radius 1 is 0.800 bits per heavy atom. The summed E-state index contributed by atoms with van der Waals surface area (Å²) in [5.74, 6) is 0.241. The summed E-state index contributed by atoms with van der Waals surface area (Å²) in [6, 6.07) is 27.2. The summed E-state index contributed by atoms with van der Waals surface area (Å²) in [4.78, 5) is 27.4. The second kappa shape index (κ2) is 9.58. The number of carbonyl (C=O) groups is 2. The summed E-state index contributed by atoms with van der Waals surface area (Å²) < 4.78 is 7.67. The van der Waals surface area contributed by atoms with E-state index in [9.17, 15) is 9.59 Å². The van der Waals surface area contributed by atoms with E-state index >= 15 is 0 Å². The second-order valence-corrected chi connectivity index (χ2v) is 8.47. The van der Waals surface area contributed by atoms with Crippen molar-refractivity contribution in [1.82, 2.24) is 9.88 Å². The predicted molar refractivity (Wildman–Crippen MR) is 140 cm³/mol. The van der Waals surface area contributed by atoms with Gasteiger partial charge in [-0.05, 0) is 91.1 Å². The molecule has 8 heteroatoms. The highest BCUT2D eigenvalue weighted by Crippen LogP contribution is 2.27. The van der Waals surface area contributed by atoms with Crippen LogP contribution in [0.1, 0.15) is 5.69 Å². The second-order valence-electron chi connectivity index (χ2n) is 7.65. The number of anilines is 1. The fraction of sp³-hybridized carbons (Fsp3) is 0. The Kier molecular flexibility index (Phi) is 6.18. The summed E-state index contributed by atoms with van der Waals surface area (Å²) in [7, 11) is 0. The van der Waals surface area contributed by atoms with E-state index in [0.717, 1.165) is 5.69 Å². The lowest BCUT2D eigenvalue weighted by atomic mass is 10.1. The molecule has 4 aromatic rings. The lowest BCUT2D eigenvalue weighted by molar-refractivity contribution is -0.122. The fourth-order valence-electron chi connectivity index (χ4n) is 3.68. The van der Waals surface area contributed by atoms with Crippen LogP contribution in [0.2, 0.25) is 5.02 Å². The molecule has 0 bridgehead atoms. The van der Waals surface area contributed by atoms with Crippen molar-refractivity contribution in [2.45, 2.75) is 0 Å². The Labute approximate surface area is 212 Å². The molecule has 1 aromatic heterocycles. The van der Waals surface area contributed by atoms with Crippen LogP contribution in [0.15, 0.2) is 103 Å². The van der Waals surface area contributed by atoms with Crippen molar-refractivity contribution in [3.05, 3.63) is 113 Å². The maximum atomic E-state index is 13.4. The summed E-state index contributed by atoms with van der Waals surface area (Å²) in [6.45, 7) is 0. The molecular formula is C27H18ClN3O3S. The van der Waals surface area contributed by atoms with E-state index in [1.54, 1.807) is 42.5 Å². The third-order valence-corrected chi connectivity index (χ3v) is 5.89. The maximum absolute atomic E-state index is 13.4. The van der Waals surface area contributed by atoms with Crippen molar-refractivity contribution in [3.8, 4) is 17.2 Å². The number of para-hydroxylation sites is 1. The number of halogens is 1. The number of ether oxygens (including phenoxy) is 1. The van der Waals surface area contributed by atoms with E-state index < -0.39 is 11.8 Å². The van der Waals surface area contributed by atoms with Crippen LogP contribution in [-0.2, 0) is 9.59 Å². The third kappa shape index (κ3) is 4.73. The highest BCUT2D eigenvalue weighted by molar-refractivity contribution is 7.80. The van der Waals surface area contributed by atoms with Crippen LogP contribution >= 0.6 is 23.8 Å². The van der Waals surface area contributed by atoms with Gasteiger partial charge >= 0.3 is 0 Å². The van der Waals surface area contributed by atoms with Gasteiger partial charge in [0.25, 0.3) is 11.8 Å². The molecule has 0 saturated carbocycles. The lowest BCUT2D eigenvalue weighted by Gasteiger charge is -2.29. The minimum Gasteiger partial charge on any atom is -0.457 e. The van der Waals surface area contributed by atoms with Crippen LogP contribution in [0.3, 0.4) is 0 Å². The van der Waals surface area contributed by atoms with Crippen LogP contribution in [0.5, 0.6) is 11.5 Å². The van der Waals surface area contributed by atoms with Crippen LogP contribution in [-0.4, -0.2) is 21.5 Å². The Balaban J connectivity index is 1.43. The SMILES string of the molecule is O=C1NC(=S)N(c2ccc(Oc3ccccc3)cc2)C(=O)/C1=C/c1cccn1-c1ccc(Cl)cc1. The first-order valence-corrected chi connectivity index (χ1v) is 11.5. The van der Waals surface area contributed by atoms with Crippen molar-refractivity contribution >= 4 is 52.5 Å². The van der Waals surface area contributed by atoms with Crippen molar-refractivity contribution in [3.63, 3.8) is 0 Å². The van der Waals surface area contributed by atoms with E-state index in [2.05, 4.69) is 5.32 Å². The molecule has 5 rings (SSSR count). The van der Waals surface area contributed by atoms with Gasteiger partial charge in [-0.2, -0.15) is 0 Å². The number of hydrogen-bond acceptors (Lipinski definition) is 4. The monoisotopic (exact) mass is 499 g/mol. The average molecular weight is 500 g/mol. The molecule has 0 aliphatic carbocycles. The number of thiocarbonyl (C=S) groups is 1. The summed E-state index contributed by atoms with van der Waals surface area (Å²) in [5, 5.41) is 3.25. The molecule has 2 amide bonds.